The Bertz CT molecular complexity index is 893. The molecule has 0 saturated heterocycles. The summed E-state index contributed by atoms with van der Waals surface area (Å²) in [6.45, 7) is 0. The zero-order valence-corrected chi connectivity index (χ0v) is 15.3. The lowest BCUT2D eigenvalue weighted by Gasteiger charge is -2.31. The first-order valence-electron chi connectivity index (χ1n) is 8.02. The van der Waals surface area contributed by atoms with Gasteiger partial charge in [0.2, 0.25) is 11.9 Å². The number of hydrogen-bond acceptors (Lipinski definition) is 5. The third-order valence-corrected chi connectivity index (χ3v) is 4.98. The van der Waals surface area contributed by atoms with E-state index in [2.05, 4.69) is 49.5 Å². The highest BCUT2D eigenvalue weighted by Crippen LogP contribution is 2.38. The molecule has 2 aromatic carbocycles. The van der Waals surface area contributed by atoms with Crippen LogP contribution in [0.25, 0.3) is 0 Å². The van der Waals surface area contributed by atoms with Gasteiger partial charge in [0.1, 0.15) is 5.75 Å². The first-order chi connectivity index (χ1) is 12.1. The Kier molecular flexibility index (Phi) is 4.09. The second kappa shape index (κ2) is 6.40. The van der Waals surface area contributed by atoms with Crippen molar-refractivity contribution in [2.45, 2.75) is 18.5 Å². The normalized spacial score (nSPS) is 19.1. The molecule has 2 heterocycles. The number of nitrogens with two attached hydrogens (primary N) is 1. The van der Waals surface area contributed by atoms with E-state index in [-0.39, 0.29) is 18.0 Å². The van der Waals surface area contributed by atoms with Gasteiger partial charge >= 0.3 is 0 Å². The predicted molar refractivity (Wildman–Crippen MR) is 101 cm³/mol. The van der Waals surface area contributed by atoms with Crippen molar-refractivity contribution in [3.63, 3.8) is 0 Å². The van der Waals surface area contributed by atoms with E-state index < -0.39 is 0 Å². The van der Waals surface area contributed by atoms with Crippen molar-refractivity contribution >= 4 is 27.8 Å². The quantitative estimate of drug-likeness (QED) is 0.700. The second-order valence-corrected chi connectivity index (χ2v) is 6.93. The molecule has 0 aliphatic carbocycles. The van der Waals surface area contributed by atoms with E-state index in [0.29, 0.717) is 5.95 Å². The molecule has 1 aliphatic heterocycles. The lowest BCUT2D eigenvalue weighted by atomic mass is 9.93. The number of halogens is 1. The molecule has 7 heteroatoms. The van der Waals surface area contributed by atoms with Gasteiger partial charge in [0.15, 0.2) is 0 Å². The van der Waals surface area contributed by atoms with E-state index in [1.807, 2.05) is 35.0 Å². The Morgan fingerprint density at radius 3 is 2.76 bits per heavy atom. The van der Waals surface area contributed by atoms with Crippen molar-refractivity contribution in [2.24, 2.45) is 0 Å². The van der Waals surface area contributed by atoms with E-state index in [9.17, 15) is 0 Å². The number of anilines is 2. The number of benzene rings is 2. The number of nitrogens with one attached hydrogen (secondary N) is 1. The van der Waals surface area contributed by atoms with Gasteiger partial charge in [-0.1, -0.05) is 40.2 Å². The van der Waals surface area contributed by atoms with Crippen molar-refractivity contribution in [1.29, 1.82) is 0 Å². The topological polar surface area (TPSA) is 78.0 Å². The lowest BCUT2D eigenvalue weighted by Crippen LogP contribution is -2.28. The Labute approximate surface area is 154 Å². The third kappa shape index (κ3) is 3.07. The van der Waals surface area contributed by atoms with E-state index in [1.54, 1.807) is 7.11 Å². The van der Waals surface area contributed by atoms with Gasteiger partial charge in [0, 0.05) is 4.47 Å². The van der Waals surface area contributed by atoms with Gasteiger partial charge in [-0.3, -0.25) is 0 Å². The van der Waals surface area contributed by atoms with E-state index >= 15 is 0 Å². The van der Waals surface area contributed by atoms with Crippen LogP contribution in [-0.4, -0.2) is 21.9 Å². The van der Waals surface area contributed by atoms with Crippen LogP contribution in [0.4, 0.5) is 11.9 Å². The van der Waals surface area contributed by atoms with Crippen LogP contribution in [0.5, 0.6) is 5.75 Å². The highest BCUT2D eigenvalue weighted by Gasteiger charge is 2.31. The van der Waals surface area contributed by atoms with E-state index in [4.69, 9.17) is 10.5 Å². The molecule has 0 fully saturated rings. The number of nitrogen functional groups attached to an aromatic ring is 1. The minimum atomic E-state index is 0.0322. The lowest BCUT2D eigenvalue weighted by molar-refractivity contribution is 0.407. The summed E-state index contributed by atoms with van der Waals surface area (Å²) in [4.78, 5) is 4.34. The fourth-order valence-corrected chi connectivity index (χ4v) is 3.50. The van der Waals surface area contributed by atoms with Gasteiger partial charge in [0.25, 0.3) is 0 Å². The summed E-state index contributed by atoms with van der Waals surface area (Å²) in [6.07, 6.45) is 0.838. The molecule has 0 unspecified atom stereocenters. The average Bonchev–Trinajstić information content (AvgIpc) is 3.01. The zero-order chi connectivity index (χ0) is 17.4. The number of nitrogens with zero attached hydrogens (tertiary/aromatic N) is 3. The van der Waals surface area contributed by atoms with Crippen LogP contribution in [0.2, 0.25) is 0 Å². The van der Waals surface area contributed by atoms with Crippen LogP contribution in [0.1, 0.15) is 29.6 Å². The summed E-state index contributed by atoms with van der Waals surface area (Å²) in [5.74, 6) is 1.78. The molecule has 0 radical (unpaired) electrons. The Hall–Kier alpha value is -2.54. The van der Waals surface area contributed by atoms with Crippen LogP contribution in [-0.2, 0) is 0 Å². The van der Waals surface area contributed by atoms with Crippen molar-refractivity contribution in [1.82, 2.24) is 14.8 Å². The second-order valence-electron chi connectivity index (χ2n) is 6.01. The van der Waals surface area contributed by atoms with Crippen LogP contribution in [0.3, 0.4) is 0 Å². The molecule has 4 rings (SSSR count). The van der Waals surface area contributed by atoms with Crippen LogP contribution < -0.4 is 15.8 Å². The molecule has 2 atom stereocenters. The number of aromatic nitrogens is 3. The van der Waals surface area contributed by atoms with Crippen molar-refractivity contribution in [3.8, 4) is 5.75 Å². The highest BCUT2D eigenvalue weighted by atomic mass is 79.9. The van der Waals surface area contributed by atoms with Crippen molar-refractivity contribution < 1.29 is 4.74 Å². The first-order valence-corrected chi connectivity index (χ1v) is 8.81. The molecular weight excluding hydrogens is 382 g/mol. The minimum Gasteiger partial charge on any atom is -0.497 e. The average molecular weight is 400 g/mol. The molecule has 0 saturated carbocycles. The zero-order valence-electron chi connectivity index (χ0n) is 13.7. The summed E-state index contributed by atoms with van der Waals surface area (Å²) in [5, 5.41) is 7.82. The fraction of sp³-hybridized carbons (Fsp3) is 0.222. The molecule has 128 valence electrons. The molecule has 0 bridgehead atoms. The van der Waals surface area contributed by atoms with Gasteiger partial charge in [-0.25, -0.2) is 4.68 Å². The fourth-order valence-electron chi connectivity index (χ4n) is 3.23. The van der Waals surface area contributed by atoms with E-state index in [0.717, 1.165) is 22.2 Å². The van der Waals surface area contributed by atoms with Crippen LogP contribution in [0.15, 0.2) is 53.0 Å². The van der Waals surface area contributed by atoms with E-state index in [1.165, 1.54) is 5.56 Å². The largest absolute Gasteiger partial charge is 0.497 e. The van der Waals surface area contributed by atoms with Gasteiger partial charge < -0.3 is 15.8 Å². The Morgan fingerprint density at radius 2 is 2.00 bits per heavy atom. The maximum Gasteiger partial charge on any atom is 0.241 e. The molecule has 1 aromatic heterocycles. The van der Waals surface area contributed by atoms with Crippen LogP contribution in [0, 0.1) is 0 Å². The summed E-state index contributed by atoms with van der Waals surface area (Å²) in [7, 11) is 1.67. The monoisotopic (exact) mass is 399 g/mol. The SMILES string of the molecule is COc1cccc([C@@H]2C[C@@H](c3ccc(Br)cc3)Nc3nc(N)nn32)c1. The van der Waals surface area contributed by atoms with Crippen LogP contribution >= 0.6 is 15.9 Å². The maximum atomic E-state index is 5.84. The summed E-state index contributed by atoms with van der Waals surface area (Å²) in [6, 6.07) is 16.5. The number of ether oxygens (including phenoxy) is 1. The van der Waals surface area contributed by atoms with Gasteiger partial charge in [0.05, 0.1) is 19.2 Å². The summed E-state index contributed by atoms with van der Waals surface area (Å²) >= 11 is 3.49. The molecule has 3 aromatic rings. The Morgan fingerprint density at radius 1 is 1.20 bits per heavy atom. The smallest absolute Gasteiger partial charge is 0.241 e. The molecule has 3 N–H and O–H groups in total. The molecule has 0 amide bonds. The number of hydrogen-bond donors (Lipinski definition) is 2. The van der Waals surface area contributed by atoms with Gasteiger partial charge in [-0.2, -0.15) is 4.98 Å². The number of rotatable bonds is 3. The molecule has 6 nitrogen and oxygen atoms in total. The molecular formula is C18H18BrN5O. The van der Waals surface area contributed by atoms with Gasteiger partial charge in [-0.05, 0) is 41.8 Å². The Balaban J connectivity index is 1.75. The maximum absolute atomic E-state index is 5.84. The van der Waals surface area contributed by atoms with Gasteiger partial charge in [-0.15, -0.1) is 5.10 Å². The minimum absolute atomic E-state index is 0.0322. The number of methoxy groups -OCH3 is 1. The number of fused-ring (bicyclic) bond motifs is 1. The van der Waals surface area contributed by atoms with Crippen molar-refractivity contribution in [2.75, 3.05) is 18.2 Å². The van der Waals surface area contributed by atoms with Crippen molar-refractivity contribution in [3.05, 3.63) is 64.1 Å². The first kappa shape index (κ1) is 16.0. The molecule has 25 heavy (non-hydrogen) atoms. The molecule has 1 aliphatic rings. The predicted octanol–water partition coefficient (Wildman–Crippen LogP) is 3.78. The highest BCUT2D eigenvalue weighted by molar-refractivity contribution is 9.10. The summed E-state index contributed by atoms with van der Waals surface area (Å²) < 4.78 is 8.29. The third-order valence-electron chi connectivity index (χ3n) is 4.46. The summed E-state index contributed by atoms with van der Waals surface area (Å²) in [5.41, 5.74) is 8.16. The molecule has 0 spiro atoms. The standard InChI is InChI=1S/C18H18BrN5O/c1-25-14-4-2-3-12(9-14)16-10-15(11-5-7-13(19)8-6-11)21-18-22-17(20)23-24(16)18/h2-9,15-16H,10H2,1H3,(H3,20,21,22,23)/t15-,16-/m0/s1.